The predicted molar refractivity (Wildman–Crippen MR) is 67.3 cm³/mol. The van der Waals surface area contributed by atoms with Crippen LogP contribution in [-0.4, -0.2) is 41.0 Å². The van der Waals surface area contributed by atoms with Crippen molar-refractivity contribution >= 4 is 11.7 Å². The number of nitrogens with zero attached hydrogens (tertiary/aromatic N) is 3. The number of anilines is 1. The van der Waals surface area contributed by atoms with Gasteiger partial charge in [0.15, 0.2) is 0 Å². The molecule has 2 heterocycles. The molecule has 1 N–H and O–H groups in total. The Kier molecular flexibility index (Phi) is 4.20. The van der Waals surface area contributed by atoms with Crippen LogP contribution in [0.2, 0.25) is 0 Å². The van der Waals surface area contributed by atoms with Crippen LogP contribution in [0, 0.1) is 0 Å². The maximum atomic E-state index is 12.2. The highest BCUT2D eigenvalue weighted by atomic mass is 19.4. The normalized spacial score (nSPS) is 20.6. The molecule has 0 bridgehead atoms. The quantitative estimate of drug-likeness (QED) is 0.897. The van der Waals surface area contributed by atoms with Gasteiger partial charge in [0.1, 0.15) is 5.82 Å². The van der Waals surface area contributed by atoms with E-state index in [0.29, 0.717) is 19.4 Å². The molecule has 1 aromatic rings. The van der Waals surface area contributed by atoms with Crippen molar-refractivity contribution in [2.45, 2.75) is 31.5 Å². The molecule has 1 fully saturated rings. The standard InChI is InChI=1S/C12H17F3N4O/c1-18-10(4-6-16-18)19-7-2-3-9(5-8-19)17-11(20)12(13,14)15/h4,6,9H,2-3,5,7-8H2,1H3,(H,17,20). The van der Waals surface area contributed by atoms with Crippen LogP contribution in [0.5, 0.6) is 0 Å². The fourth-order valence-corrected chi connectivity index (χ4v) is 2.41. The van der Waals surface area contributed by atoms with Crippen molar-refractivity contribution in [3.8, 4) is 0 Å². The molecule has 112 valence electrons. The van der Waals surface area contributed by atoms with Gasteiger partial charge in [0.2, 0.25) is 0 Å². The smallest absolute Gasteiger partial charge is 0.357 e. The molecular formula is C12H17F3N4O. The fraction of sp³-hybridized carbons (Fsp3) is 0.667. The lowest BCUT2D eigenvalue weighted by Crippen LogP contribution is -2.43. The van der Waals surface area contributed by atoms with Gasteiger partial charge in [0, 0.05) is 32.2 Å². The molecule has 0 aliphatic carbocycles. The number of hydrogen-bond acceptors (Lipinski definition) is 3. The Morgan fingerprint density at radius 2 is 2.15 bits per heavy atom. The van der Waals surface area contributed by atoms with E-state index in [1.54, 1.807) is 10.9 Å². The van der Waals surface area contributed by atoms with E-state index in [4.69, 9.17) is 0 Å². The maximum absolute atomic E-state index is 12.2. The van der Waals surface area contributed by atoms with Gasteiger partial charge in [-0.1, -0.05) is 0 Å². The van der Waals surface area contributed by atoms with Gasteiger partial charge < -0.3 is 10.2 Å². The van der Waals surface area contributed by atoms with Gasteiger partial charge in [0.05, 0.1) is 6.20 Å². The van der Waals surface area contributed by atoms with E-state index in [2.05, 4.69) is 15.3 Å². The van der Waals surface area contributed by atoms with Crippen molar-refractivity contribution in [3.05, 3.63) is 12.3 Å². The molecule has 5 nitrogen and oxygen atoms in total. The topological polar surface area (TPSA) is 50.2 Å². The first-order chi connectivity index (χ1) is 9.38. The molecule has 20 heavy (non-hydrogen) atoms. The molecule has 1 amide bonds. The summed E-state index contributed by atoms with van der Waals surface area (Å²) in [5, 5.41) is 6.14. The lowest BCUT2D eigenvalue weighted by molar-refractivity contribution is -0.174. The van der Waals surface area contributed by atoms with Crippen LogP contribution in [0.1, 0.15) is 19.3 Å². The number of aromatic nitrogens is 2. The van der Waals surface area contributed by atoms with E-state index >= 15 is 0 Å². The van der Waals surface area contributed by atoms with Gasteiger partial charge in [-0.15, -0.1) is 0 Å². The number of aryl methyl sites for hydroxylation is 1. The maximum Gasteiger partial charge on any atom is 0.471 e. The Bertz CT molecular complexity index is 472. The second-order valence-electron chi connectivity index (χ2n) is 4.90. The molecule has 0 spiro atoms. The van der Waals surface area contributed by atoms with E-state index in [1.807, 2.05) is 13.1 Å². The second-order valence-corrected chi connectivity index (χ2v) is 4.90. The SMILES string of the molecule is Cn1nccc1N1CCCC(NC(=O)C(F)(F)F)CC1. The number of alkyl halides is 3. The Morgan fingerprint density at radius 1 is 1.40 bits per heavy atom. The molecule has 1 unspecified atom stereocenters. The first-order valence-corrected chi connectivity index (χ1v) is 6.48. The van der Waals surface area contributed by atoms with Gasteiger partial charge in [-0.2, -0.15) is 18.3 Å². The average molecular weight is 290 g/mol. The summed E-state index contributed by atoms with van der Waals surface area (Å²) in [4.78, 5) is 13.0. The second kappa shape index (κ2) is 5.72. The summed E-state index contributed by atoms with van der Waals surface area (Å²) in [6, 6.07) is 1.44. The van der Waals surface area contributed by atoms with Crippen LogP contribution in [-0.2, 0) is 11.8 Å². The highest BCUT2D eigenvalue weighted by molar-refractivity contribution is 5.81. The van der Waals surface area contributed by atoms with Crippen molar-refractivity contribution < 1.29 is 18.0 Å². The number of carbonyl (C=O) groups excluding carboxylic acids is 1. The van der Waals surface area contributed by atoms with Crippen LogP contribution >= 0.6 is 0 Å². The minimum absolute atomic E-state index is 0.428. The minimum atomic E-state index is -4.81. The van der Waals surface area contributed by atoms with E-state index < -0.39 is 18.1 Å². The zero-order valence-electron chi connectivity index (χ0n) is 11.2. The third-order valence-electron chi connectivity index (χ3n) is 3.44. The van der Waals surface area contributed by atoms with E-state index in [-0.39, 0.29) is 0 Å². The Morgan fingerprint density at radius 3 is 2.75 bits per heavy atom. The third-order valence-corrected chi connectivity index (χ3v) is 3.44. The average Bonchev–Trinajstić information content (AvgIpc) is 2.65. The zero-order chi connectivity index (χ0) is 14.8. The first kappa shape index (κ1) is 14.7. The fourth-order valence-electron chi connectivity index (χ4n) is 2.41. The van der Waals surface area contributed by atoms with Crippen LogP contribution in [0.15, 0.2) is 12.3 Å². The van der Waals surface area contributed by atoms with Gasteiger partial charge in [0.25, 0.3) is 0 Å². The zero-order valence-corrected chi connectivity index (χ0v) is 11.2. The number of amides is 1. The molecule has 0 saturated carbocycles. The summed E-state index contributed by atoms with van der Waals surface area (Å²) in [7, 11) is 1.82. The molecular weight excluding hydrogens is 273 g/mol. The highest BCUT2D eigenvalue weighted by Gasteiger charge is 2.39. The largest absolute Gasteiger partial charge is 0.471 e. The monoisotopic (exact) mass is 290 g/mol. The van der Waals surface area contributed by atoms with Gasteiger partial charge >= 0.3 is 12.1 Å². The lowest BCUT2D eigenvalue weighted by Gasteiger charge is -2.22. The molecule has 1 aromatic heterocycles. The molecule has 0 aromatic carbocycles. The Hall–Kier alpha value is -1.73. The number of rotatable bonds is 2. The summed E-state index contributed by atoms with van der Waals surface area (Å²) in [5.41, 5.74) is 0. The Labute approximate surface area is 114 Å². The van der Waals surface area contributed by atoms with Crippen molar-refractivity contribution in [3.63, 3.8) is 0 Å². The van der Waals surface area contributed by atoms with Crippen molar-refractivity contribution in [1.82, 2.24) is 15.1 Å². The molecule has 1 aliphatic rings. The van der Waals surface area contributed by atoms with E-state index in [1.165, 1.54) is 0 Å². The molecule has 1 atom stereocenters. The van der Waals surface area contributed by atoms with Crippen LogP contribution in [0.4, 0.5) is 19.0 Å². The van der Waals surface area contributed by atoms with Crippen molar-refractivity contribution in [2.24, 2.45) is 7.05 Å². The summed E-state index contributed by atoms with van der Waals surface area (Å²) in [6.07, 6.45) is -1.35. The molecule has 2 rings (SSSR count). The van der Waals surface area contributed by atoms with Gasteiger partial charge in [-0.25, -0.2) is 0 Å². The summed E-state index contributed by atoms with van der Waals surface area (Å²) in [5.74, 6) is -0.913. The van der Waals surface area contributed by atoms with Gasteiger partial charge in [-0.3, -0.25) is 9.48 Å². The lowest BCUT2D eigenvalue weighted by atomic mass is 10.1. The third kappa shape index (κ3) is 3.43. The van der Waals surface area contributed by atoms with Crippen LogP contribution in [0.25, 0.3) is 0 Å². The van der Waals surface area contributed by atoms with Crippen LogP contribution in [0.3, 0.4) is 0 Å². The minimum Gasteiger partial charge on any atom is -0.357 e. The highest BCUT2D eigenvalue weighted by Crippen LogP contribution is 2.20. The Balaban J connectivity index is 1.93. The number of carbonyl (C=O) groups is 1. The summed E-state index contributed by atoms with van der Waals surface area (Å²) >= 11 is 0. The van der Waals surface area contributed by atoms with E-state index in [9.17, 15) is 18.0 Å². The summed E-state index contributed by atoms with van der Waals surface area (Å²) < 4.78 is 38.4. The van der Waals surface area contributed by atoms with Gasteiger partial charge in [-0.05, 0) is 19.3 Å². The number of halogens is 3. The first-order valence-electron chi connectivity index (χ1n) is 6.48. The van der Waals surface area contributed by atoms with Crippen LogP contribution < -0.4 is 10.2 Å². The summed E-state index contributed by atoms with van der Waals surface area (Å²) in [6.45, 7) is 1.35. The number of nitrogens with one attached hydrogen (secondary N) is 1. The number of hydrogen-bond donors (Lipinski definition) is 1. The molecule has 1 aliphatic heterocycles. The van der Waals surface area contributed by atoms with Crippen molar-refractivity contribution in [2.75, 3.05) is 18.0 Å². The molecule has 1 saturated heterocycles. The molecule has 8 heteroatoms. The van der Waals surface area contributed by atoms with Crippen molar-refractivity contribution in [1.29, 1.82) is 0 Å². The molecule has 0 radical (unpaired) electrons. The van der Waals surface area contributed by atoms with E-state index in [0.717, 1.165) is 18.8 Å². The predicted octanol–water partition coefficient (Wildman–Crippen LogP) is 1.46.